The highest BCUT2D eigenvalue weighted by Crippen LogP contribution is 2.29. The molecule has 27 heavy (non-hydrogen) atoms. The highest BCUT2D eigenvalue weighted by Gasteiger charge is 2.34. The number of nitrogens with zero attached hydrogens (tertiary/aromatic N) is 1. The number of esters is 1. The normalized spacial score (nSPS) is 20.8. The first-order chi connectivity index (χ1) is 13.1. The molecular weight excluding hydrogens is 382 g/mol. The van der Waals surface area contributed by atoms with E-state index in [1.165, 1.54) is 0 Å². The largest absolute Gasteiger partial charge is 0.463 e. The molecule has 2 N–H and O–H groups in total. The van der Waals surface area contributed by atoms with Crippen LogP contribution in [0.3, 0.4) is 0 Å². The number of ether oxygens (including phenoxy) is 1. The van der Waals surface area contributed by atoms with Gasteiger partial charge in [-0.3, -0.25) is 4.90 Å². The Morgan fingerprint density at radius 3 is 2.63 bits per heavy atom. The summed E-state index contributed by atoms with van der Waals surface area (Å²) < 4.78 is 5.32. The minimum absolute atomic E-state index is 0.289. The molecule has 2 aliphatic heterocycles. The van der Waals surface area contributed by atoms with Gasteiger partial charge in [-0.25, -0.2) is 9.59 Å². The van der Waals surface area contributed by atoms with E-state index in [4.69, 9.17) is 4.74 Å². The molecule has 1 aromatic carbocycles. The second kappa shape index (κ2) is 9.52. The van der Waals surface area contributed by atoms with Crippen LogP contribution in [-0.4, -0.2) is 60.9 Å². The zero-order valence-electron chi connectivity index (χ0n) is 15.6. The maximum atomic E-state index is 12.8. The van der Waals surface area contributed by atoms with Gasteiger partial charge >= 0.3 is 12.0 Å². The summed E-state index contributed by atoms with van der Waals surface area (Å²) in [6.45, 7) is 4.52. The van der Waals surface area contributed by atoms with Gasteiger partial charge in [-0.1, -0.05) is 12.1 Å². The molecule has 1 atom stereocenters. The molecule has 0 saturated carbocycles. The molecule has 2 aliphatic rings. The fraction of sp³-hybridized carbons (Fsp3) is 0.474. The number of carbonyl (C=O) groups excluding carboxylic acids is 2. The van der Waals surface area contributed by atoms with Gasteiger partial charge in [0.05, 0.1) is 18.2 Å². The lowest BCUT2D eigenvalue weighted by Crippen LogP contribution is -2.49. The van der Waals surface area contributed by atoms with Crippen LogP contribution in [0.2, 0.25) is 0 Å². The Hall–Kier alpha value is -1.64. The van der Waals surface area contributed by atoms with Crippen molar-refractivity contribution in [1.82, 2.24) is 15.5 Å². The Morgan fingerprint density at radius 1 is 1.30 bits per heavy atom. The number of rotatable bonds is 6. The molecule has 8 heteroatoms. The van der Waals surface area contributed by atoms with Gasteiger partial charge in [0, 0.05) is 41.7 Å². The molecule has 6 nitrogen and oxygen atoms in total. The van der Waals surface area contributed by atoms with Crippen LogP contribution in [0.15, 0.2) is 40.4 Å². The van der Waals surface area contributed by atoms with Crippen molar-refractivity contribution < 1.29 is 14.3 Å². The minimum atomic E-state index is -0.511. The molecule has 0 unspecified atom stereocenters. The maximum Gasteiger partial charge on any atom is 0.338 e. The second-order valence-corrected chi connectivity index (χ2v) is 8.41. The fourth-order valence-electron chi connectivity index (χ4n) is 3.22. The number of thioether (sulfide) groups is 2. The van der Waals surface area contributed by atoms with E-state index in [-0.39, 0.29) is 12.0 Å². The second-order valence-electron chi connectivity index (χ2n) is 6.31. The van der Waals surface area contributed by atoms with E-state index in [1.807, 2.05) is 42.3 Å². The van der Waals surface area contributed by atoms with Crippen LogP contribution in [0, 0.1) is 0 Å². The Bertz CT molecular complexity index is 715. The summed E-state index contributed by atoms with van der Waals surface area (Å²) in [5, 5.41) is 5.74. The molecule has 0 radical (unpaired) electrons. The van der Waals surface area contributed by atoms with E-state index in [9.17, 15) is 9.59 Å². The highest BCUT2D eigenvalue weighted by atomic mass is 32.2. The van der Waals surface area contributed by atoms with Crippen LogP contribution in [0.4, 0.5) is 4.79 Å². The zero-order chi connectivity index (χ0) is 19.2. The van der Waals surface area contributed by atoms with E-state index >= 15 is 0 Å². The lowest BCUT2D eigenvalue weighted by atomic mass is 9.95. The first-order valence-electron chi connectivity index (χ1n) is 9.04. The standard InChI is InChI=1S/C19H25N3O3S2/c1-3-25-18(23)16-15(12-22-8-10-27-11-9-22)20-19(24)21-17(16)13-4-6-14(26-2)7-5-13/h4-7,17H,3,8-12H2,1-2H3,(H2,20,21,24)/t17-/m1/s1. The first kappa shape index (κ1) is 20.1. The molecule has 0 aromatic heterocycles. The number of carbonyl (C=O) groups is 2. The van der Waals surface area contributed by atoms with Crippen molar-refractivity contribution in [2.45, 2.75) is 17.9 Å². The Labute approximate surface area is 168 Å². The fourth-order valence-corrected chi connectivity index (χ4v) is 4.61. The van der Waals surface area contributed by atoms with Gasteiger partial charge in [0.15, 0.2) is 0 Å². The highest BCUT2D eigenvalue weighted by molar-refractivity contribution is 7.99. The van der Waals surface area contributed by atoms with Gasteiger partial charge in [-0.05, 0) is 30.9 Å². The molecule has 0 spiro atoms. The molecule has 1 aromatic rings. The smallest absolute Gasteiger partial charge is 0.338 e. The third kappa shape index (κ3) is 5.00. The molecule has 0 bridgehead atoms. The molecule has 2 heterocycles. The third-order valence-electron chi connectivity index (χ3n) is 4.58. The quantitative estimate of drug-likeness (QED) is 0.558. The van der Waals surface area contributed by atoms with Gasteiger partial charge < -0.3 is 15.4 Å². The van der Waals surface area contributed by atoms with Gasteiger partial charge in [0.25, 0.3) is 0 Å². The number of nitrogens with one attached hydrogen (secondary N) is 2. The van der Waals surface area contributed by atoms with E-state index in [1.54, 1.807) is 18.7 Å². The van der Waals surface area contributed by atoms with Crippen molar-refractivity contribution in [2.75, 3.05) is 44.0 Å². The maximum absolute atomic E-state index is 12.8. The lowest BCUT2D eigenvalue weighted by molar-refractivity contribution is -0.139. The summed E-state index contributed by atoms with van der Waals surface area (Å²) in [5.74, 6) is 1.74. The zero-order valence-corrected chi connectivity index (χ0v) is 17.3. The summed E-state index contributed by atoms with van der Waals surface area (Å²) >= 11 is 3.58. The average Bonchev–Trinajstić information content (AvgIpc) is 2.68. The van der Waals surface area contributed by atoms with Crippen molar-refractivity contribution in [3.8, 4) is 0 Å². The van der Waals surface area contributed by atoms with E-state index in [2.05, 4.69) is 15.5 Å². The Balaban J connectivity index is 1.95. The predicted octanol–water partition coefficient (Wildman–Crippen LogP) is 2.63. The Kier molecular flexibility index (Phi) is 7.09. The number of hydrogen-bond acceptors (Lipinski definition) is 6. The van der Waals surface area contributed by atoms with Crippen LogP contribution < -0.4 is 10.6 Å². The SMILES string of the molecule is CCOC(=O)C1=C(CN2CCSCC2)NC(=O)N[C@@H]1c1ccc(SC)cc1. The van der Waals surface area contributed by atoms with Gasteiger partial charge in [-0.2, -0.15) is 11.8 Å². The molecule has 1 saturated heterocycles. The monoisotopic (exact) mass is 407 g/mol. The van der Waals surface area contributed by atoms with Gasteiger partial charge in [-0.15, -0.1) is 11.8 Å². The van der Waals surface area contributed by atoms with E-state index in [0.29, 0.717) is 24.4 Å². The molecular formula is C19H25N3O3S2. The van der Waals surface area contributed by atoms with Crippen molar-refractivity contribution in [3.63, 3.8) is 0 Å². The third-order valence-corrected chi connectivity index (χ3v) is 6.27. The van der Waals surface area contributed by atoms with Crippen molar-refractivity contribution in [1.29, 1.82) is 0 Å². The van der Waals surface area contributed by atoms with Gasteiger partial charge in [0.2, 0.25) is 0 Å². The van der Waals surface area contributed by atoms with Crippen LogP contribution >= 0.6 is 23.5 Å². The number of urea groups is 1. The molecule has 2 amide bonds. The molecule has 1 fully saturated rings. The lowest BCUT2D eigenvalue weighted by Gasteiger charge is -2.33. The summed E-state index contributed by atoms with van der Waals surface area (Å²) in [6, 6.07) is 7.11. The van der Waals surface area contributed by atoms with Crippen molar-refractivity contribution >= 4 is 35.5 Å². The van der Waals surface area contributed by atoms with Crippen LogP contribution in [0.5, 0.6) is 0 Å². The summed E-state index contributed by atoms with van der Waals surface area (Å²) in [7, 11) is 0. The van der Waals surface area contributed by atoms with Crippen LogP contribution in [0.1, 0.15) is 18.5 Å². The van der Waals surface area contributed by atoms with Crippen LogP contribution in [0.25, 0.3) is 0 Å². The van der Waals surface area contributed by atoms with Crippen LogP contribution in [-0.2, 0) is 9.53 Å². The first-order valence-corrected chi connectivity index (χ1v) is 11.4. The number of benzene rings is 1. The summed E-state index contributed by atoms with van der Waals surface area (Å²) in [6.07, 6.45) is 2.01. The topological polar surface area (TPSA) is 70.7 Å². The van der Waals surface area contributed by atoms with Gasteiger partial charge in [0.1, 0.15) is 0 Å². The van der Waals surface area contributed by atoms with Crippen molar-refractivity contribution in [2.24, 2.45) is 0 Å². The van der Waals surface area contributed by atoms with Crippen molar-refractivity contribution in [3.05, 3.63) is 41.1 Å². The molecule has 3 rings (SSSR count). The van der Waals surface area contributed by atoms with E-state index in [0.717, 1.165) is 35.1 Å². The minimum Gasteiger partial charge on any atom is -0.463 e. The molecule has 0 aliphatic carbocycles. The number of amides is 2. The summed E-state index contributed by atoms with van der Waals surface area (Å²) in [5.41, 5.74) is 2.01. The van der Waals surface area contributed by atoms with E-state index < -0.39 is 6.04 Å². The Morgan fingerprint density at radius 2 is 2.00 bits per heavy atom. The molecule has 146 valence electrons. The summed E-state index contributed by atoms with van der Waals surface area (Å²) in [4.78, 5) is 28.5. The predicted molar refractivity (Wildman–Crippen MR) is 110 cm³/mol. The number of hydrogen-bond donors (Lipinski definition) is 2. The average molecular weight is 408 g/mol.